The summed E-state index contributed by atoms with van der Waals surface area (Å²) in [6.07, 6.45) is 10.0. The lowest BCUT2D eigenvalue weighted by Gasteiger charge is -2.55. The summed E-state index contributed by atoms with van der Waals surface area (Å²) >= 11 is 0. The number of ether oxygens (including phenoxy) is 1. The van der Waals surface area contributed by atoms with E-state index in [1.165, 1.54) is 19.3 Å². The van der Waals surface area contributed by atoms with Crippen LogP contribution in [0.2, 0.25) is 0 Å². The zero-order valence-corrected chi connectivity index (χ0v) is 17.8. The van der Waals surface area contributed by atoms with Crippen molar-refractivity contribution in [3.05, 3.63) is 24.3 Å². The van der Waals surface area contributed by atoms with E-state index in [1.54, 1.807) is 28.6 Å². The van der Waals surface area contributed by atoms with Crippen LogP contribution in [0.3, 0.4) is 0 Å². The number of ketones is 1. The molecule has 0 spiro atoms. The van der Waals surface area contributed by atoms with Gasteiger partial charge in [-0.05, 0) is 93.4 Å². The second kappa shape index (κ2) is 7.38. The Morgan fingerprint density at radius 2 is 1.48 bits per heavy atom. The molecule has 5 nitrogen and oxygen atoms in total. The van der Waals surface area contributed by atoms with Crippen LogP contribution in [0, 0.1) is 23.2 Å². The minimum Gasteiger partial charge on any atom is -0.486 e. The highest BCUT2D eigenvalue weighted by molar-refractivity contribution is 7.89. The summed E-state index contributed by atoms with van der Waals surface area (Å²) in [6.45, 7) is 1.30. The molecule has 1 aromatic rings. The molecule has 0 aromatic heterocycles. The van der Waals surface area contributed by atoms with Crippen molar-refractivity contribution in [1.29, 1.82) is 0 Å². The van der Waals surface area contributed by atoms with Gasteiger partial charge >= 0.3 is 0 Å². The standard InChI is InChI=1S/C23H31NO4S/c25-22(23-13-17-10-18(14-23)12-19(11-17)15-23)16-28-20-4-6-21(7-5-20)29(26,27)24-8-2-1-3-9-24/h4-7,17-19H,1-3,8-16H2. The van der Waals surface area contributed by atoms with E-state index in [1.807, 2.05) is 0 Å². The largest absolute Gasteiger partial charge is 0.486 e. The number of benzene rings is 1. The van der Waals surface area contributed by atoms with Crippen molar-refractivity contribution in [1.82, 2.24) is 4.31 Å². The summed E-state index contributed by atoms with van der Waals surface area (Å²) in [7, 11) is -3.43. The first-order valence-corrected chi connectivity index (χ1v) is 12.6. The molecule has 4 aliphatic carbocycles. The van der Waals surface area contributed by atoms with Gasteiger partial charge in [-0.2, -0.15) is 4.31 Å². The molecule has 5 aliphatic rings. The average Bonchev–Trinajstić information content (AvgIpc) is 2.72. The van der Waals surface area contributed by atoms with E-state index >= 15 is 0 Å². The van der Waals surface area contributed by atoms with Gasteiger partial charge in [0.25, 0.3) is 0 Å². The van der Waals surface area contributed by atoms with Crippen LogP contribution < -0.4 is 4.74 Å². The van der Waals surface area contributed by atoms with Gasteiger partial charge in [0.15, 0.2) is 5.78 Å². The van der Waals surface area contributed by atoms with Crippen LogP contribution in [-0.2, 0) is 14.8 Å². The number of piperidine rings is 1. The molecule has 1 aromatic carbocycles. The van der Waals surface area contributed by atoms with Crippen molar-refractivity contribution in [2.24, 2.45) is 23.2 Å². The van der Waals surface area contributed by atoms with E-state index in [0.717, 1.165) is 56.3 Å². The van der Waals surface area contributed by atoms with E-state index in [-0.39, 0.29) is 17.8 Å². The average molecular weight is 418 g/mol. The van der Waals surface area contributed by atoms with Crippen molar-refractivity contribution in [3.63, 3.8) is 0 Å². The van der Waals surface area contributed by atoms with Crippen molar-refractivity contribution >= 4 is 15.8 Å². The predicted molar refractivity (Wildman–Crippen MR) is 110 cm³/mol. The summed E-state index contributed by atoms with van der Waals surface area (Å²) in [4.78, 5) is 13.4. The van der Waals surface area contributed by atoms with E-state index < -0.39 is 10.0 Å². The minimum absolute atomic E-state index is 0.102. The highest BCUT2D eigenvalue weighted by Gasteiger charge is 2.54. The maximum atomic E-state index is 13.1. The Morgan fingerprint density at radius 3 is 2.03 bits per heavy atom. The highest BCUT2D eigenvalue weighted by Crippen LogP contribution is 2.60. The van der Waals surface area contributed by atoms with Crippen LogP contribution in [0.1, 0.15) is 57.8 Å². The Labute approximate surface area is 173 Å². The Balaban J connectivity index is 1.22. The summed E-state index contributed by atoms with van der Waals surface area (Å²) in [5.74, 6) is 3.04. The predicted octanol–water partition coefficient (Wildman–Crippen LogP) is 4.03. The van der Waals surface area contributed by atoms with Crippen molar-refractivity contribution < 1.29 is 17.9 Å². The van der Waals surface area contributed by atoms with Crippen molar-refractivity contribution in [2.45, 2.75) is 62.7 Å². The van der Waals surface area contributed by atoms with Gasteiger partial charge in [-0.15, -0.1) is 0 Å². The quantitative estimate of drug-likeness (QED) is 0.701. The van der Waals surface area contributed by atoms with E-state index in [9.17, 15) is 13.2 Å². The van der Waals surface area contributed by atoms with Crippen LogP contribution in [0.4, 0.5) is 0 Å². The Bertz CT molecular complexity index is 835. The normalized spacial score (nSPS) is 34.3. The lowest BCUT2D eigenvalue weighted by Crippen LogP contribution is -2.51. The molecule has 1 aliphatic heterocycles. The van der Waals surface area contributed by atoms with Crippen LogP contribution in [0.5, 0.6) is 5.75 Å². The summed E-state index contributed by atoms with van der Waals surface area (Å²) in [5, 5.41) is 0. The smallest absolute Gasteiger partial charge is 0.243 e. The molecule has 6 rings (SSSR count). The number of hydrogen-bond acceptors (Lipinski definition) is 4. The molecule has 0 radical (unpaired) electrons. The molecule has 6 heteroatoms. The second-order valence-electron chi connectivity index (χ2n) is 9.85. The van der Waals surface area contributed by atoms with Gasteiger partial charge in [0.05, 0.1) is 4.90 Å². The topological polar surface area (TPSA) is 63.7 Å². The third kappa shape index (κ3) is 3.63. The molecule has 29 heavy (non-hydrogen) atoms. The highest BCUT2D eigenvalue weighted by atomic mass is 32.2. The fraction of sp³-hybridized carbons (Fsp3) is 0.696. The van der Waals surface area contributed by atoms with Crippen LogP contribution in [0.15, 0.2) is 29.2 Å². The monoisotopic (exact) mass is 417 g/mol. The number of Topliss-reactive ketones (excluding diaryl/α,β-unsaturated/α-hetero) is 1. The van der Waals surface area contributed by atoms with Crippen LogP contribution in [-0.4, -0.2) is 38.2 Å². The zero-order valence-electron chi connectivity index (χ0n) is 17.0. The molecule has 0 unspecified atom stereocenters. The Morgan fingerprint density at radius 1 is 0.931 bits per heavy atom. The van der Waals surface area contributed by atoms with Gasteiger partial charge in [-0.25, -0.2) is 8.42 Å². The molecule has 158 valence electrons. The number of hydrogen-bond donors (Lipinski definition) is 0. The molecule has 4 saturated carbocycles. The molecule has 0 amide bonds. The molecule has 0 N–H and O–H groups in total. The summed E-state index contributed by atoms with van der Waals surface area (Å²) in [5.41, 5.74) is -0.147. The fourth-order valence-electron chi connectivity index (χ4n) is 6.72. The number of sulfonamides is 1. The van der Waals surface area contributed by atoms with E-state index in [4.69, 9.17) is 4.74 Å². The molecule has 0 atom stereocenters. The zero-order chi connectivity index (χ0) is 20.1. The number of carbonyl (C=O) groups excluding carboxylic acids is 1. The van der Waals surface area contributed by atoms with Gasteiger partial charge in [-0.3, -0.25) is 4.79 Å². The van der Waals surface area contributed by atoms with Gasteiger partial charge in [-0.1, -0.05) is 6.42 Å². The minimum atomic E-state index is -3.43. The maximum absolute atomic E-state index is 13.1. The molecule has 1 saturated heterocycles. The second-order valence-corrected chi connectivity index (χ2v) is 11.8. The van der Waals surface area contributed by atoms with Gasteiger partial charge in [0.1, 0.15) is 12.4 Å². The van der Waals surface area contributed by atoms with Crippen LogP contribution >= 0.6 is 0 Å². The third-order valence-corrected chi connectivity index (χ3v) is 9.69. The molecule has 4 bridgehead atoms. The third-order valence-electron chi connectivity index (χ3n) is 7.78. The van der Waals surface area contributed by atoms with Gasteiger partial charge in [0, 0.05) is 18.5 Å². The number of rotatable bonds is 6. The van der Waals surface area contributed by atoms with E-state index in [0.29, 0.717) is 23.7 Å². The molecule has 1 heterocycles. The molecular formula is C23H31NO4S. The maximum Gasteiger partial charge on any atom is 0.243 e. The number of nitrogens with zero attached hydrogens (tertiary/aromatic N) is 1. The summed E-state index contributed by atoms with van der Waals surface area (Å²) < 4.78 is 32.9. The van der Waals surface area contributed by atoms with Crippen LogP contribution in [0.25, 0.3) is 0 Å². The first-order valence-electron chi connectivity index (χ1n) is 11.2. The Kier molecular flexibility index (Phi) is 4.98. The van der Waals surface area contributed by atoms with E-state index in [2.05, 4.69) is 0 Å². The number of carbonyl (C=O) groups is 1. The first kappa shape index (κ1) is 19.6. The Hall–Kier alpha value is -1.40. The lowest BCUT2D eigenvalue weighted by molar-refractivity contribution is -0.145. The molecular weight excluding hydrogens is 386 g/mol. The first-order chi connectivity index (χ1) is 13.9. The van der Waals surface area contributed by atoms with Crippen molar-refractivity contribution in [3.8, 4) is 5.75 Å². The van der Waals surface area contributed by atoms with Gasteiger partial charge in [0.2, 0.25) is 10.0 Å². The molecule has 5 fully saturated rings. The fourth-order valence-corrected chi connectivity index (χ4v) is 8.23. The lowest BCUT2D eigenvalue weighted by atomic mass is 9.48. The van der Waals surface area contributed by atoms with Gasteiger partial charge < -0.3 is 4.74 Å². The SMILES string of the molecule is O=C(COc1ccc(S(=O)(=O)N2CCCCC2)cc1)C12CC3CC(CC(C3)C1)C2. The summed E-state index contributed by atoms with van der Waals surface area (Å²) in [6, 6.07) is 6.58. The van der Waals surface area contributed by atoms with Crippen molar-refractivity contribution in [2.75, 3.05) is 19.7 Å².